The zero-order valence-electron chi connectivity index (χ0n) is 20.5. The van der Waals surface area contributed by atoms with Crippen molar-refractivity contribution in [1.29, 1.82) is 0 Å². The maximum Gasteiger partial charge on any atom is 0.309 e. The van der Waals surface area contributed by atoms with E-state index in [1.165, 1.54) is 32.1 Å². The van der Waals surface area contributed by atoms with Gasteiger partial charge in [-0.1, -0.05) is 20.8 Å². The molecule has 4 saturated carbocycles. The molecule has 0 bridgehead atoms. The highest BCUT2D eigenvalue weighted by molar-refractivity contribution is 5.85. The van der Waals surface area contributed by atoms with E-state index in [1.807, 2.05) is 0 Å². The fourth-order valence-electron chi connectivity index (χ4n) is 8.78. The minimum Gasteiger partial charge on any atom is -0.462 e. The summed E-state index contributed by atoms with van der Waals surface area (Å²) in [5, 5.41) is 0. The predicted molar refractivity (Wildman–Crippen MR) is 124 cm³/mol. The van der Waals surface area contributed by atoms with Crippen LogP contribution in [0, 0.1) is 46.3 Å². The highest BCUT2D eigenvalue weighted by Gasteiger charge is 2.60. The Morgan fingerprint density at radius 3 is 2.34 bits per heavy atom. The van der Waals surface area contributed by atoms with Gasteiger partial charge in [0.1, 0.15) is 17.7 Å². The fourth-order valence-corrected chi connectivity index (χ4v) is 8.78. The van der Waals surface area contributed by atoms with E-state index in [9.17, 15) is 14.4 Å². The molecule has 2 N–H and O–H groups in total. The van der Waals surface area contributed by atoms with E-state index in [2.05, 4.69) is 13.8 Å². The third-order valence-corrected chi connectivity index (χ3v) is 10.6. The Balaban J connectivity index is 1.40. The van der Waals surface area contributed by atoms with Crippen molar-refractivity contribution in [3.63, 3.8) is 0 Å². The maximum atomic E-state index is 12.5. The average molecular weight is 446 g/mol. The molecule has 0 aliphatic heterocycles. The lowest BCUT2D eigenvalue weighted by molar-refractivity contribution is -0.167. The van der Waals surface area contributed by atoms with Gasteiger partial charge in [0.05, 0.1) is 12.5 Å². The number of carbonyl (C=O) groups excluding carboxylic acids is 3. The number of carbonyl (C=O) groups is 3. The van der Waals surface area contributed by atoms with Crippen LogP contribution in [-0.4, -0.2) is 30.2 Å². The van der Waals surface area contributed by atoms with E-state index < -0.39 is 5.92 Å². The molecule has 0 amide bonds. The molecular formula is C27H43NO4. The first-order valence-electron chi connectivity index (χ1n) is 13.0. The lowest BCUT2D eigenvalue weighted by atomic mass is 9.44. The van der Waals surface area contributed by atoms with E-state index in [4.69, 9.17) is 10.5 Å². The van der Waals surface area contributed by atoms with E-state index in [-0.39, 0.29) is 42.2 Å². The summed E-state index contributed by atoms with van der Waals surface area (Å²) >= 11 is 0. The van der Waals surface area contributed by atoms with Crippen molar-refractivity contribution in [3.05, 3.63) is 0 Å². The molecule has 0 heterocycles. The molecular weight excluding hydrogens is 402 g/mol. The van der Waals surface area contributed by atoms with Gasteiger partial charge in [0.25, 0.3) is 0 Å². The fraction of sp³-hybridized carbons (Fsp3) is 0.889. The summed E-state index contributed by atoms with van der Waals surface area (Å²) in [6.45, 7) is 8.47. The molecule has 4 aliphatic rings. The molecule has 180 valence electrons. The van der Waals surface area contributed by atoms with E-state index >= 15 is 0 Å². The summed E-state index contributed by atoms with van der Waals surface area (Å²) in [5.41, 5.74) is 5.92. The lowest BCUT2D eigenvalue weighted by Crippen LogP contribution is -2.54. The topological polar surface area (TPSA) is 86.5 Å². The molecule has 0 radical (unpaired) electrons. The molecule has 0 aromatic heterocycles. The smallest absolute Gasteiger partial charge is 0.309 e. The third kappa shape index (κ3) is 3.97. The molecule has 5 nitrogen and oxygen atoms in total. The maximum absolute atomic E-state index is 12.5. The molecule has 5 heteroatoms. The van der Waals surface area contributed by atoms with Crippen LogP contribution in [-0.2, 0) is 19.1 Å². The zero-order chi connectivity index (χ0) is 23.3. The minimum absolute atomic E-state index is 0.0166. The monoisotopic (exact) mass is 445 g/mol. The predicted octanol–water partition coefficient (Wildman–Crippen LogP) is 4.70. The number of nitrogens with two attached hydrogens (primary N) is 1. The molecule has 0 saturated heterocycles. The van der Waals surface area contributed by atoms with Gasteiger partial charge in [-0.2, -0.15) is 0 Å². The highest BCUT2D eigenvalue weighted by Crippen LogP contribution is 2.67. The first-order valence-corrected chi connectivity index (χ1v) is 13.0. The first-order chi connectivity index (χ1) is 15.1. The molecule has 0 spiro atoms. The van der Waals surface area contributed by atoms with Gasteiger partial charge in [-0.05, 0) is 99.2 Å². The van der Waals surface area contributed by atoms with Crippen molar-refractivity contribution < 1.29 is 19.1 Å². The van der Waals surface area contributed by atoms with Gasteiger partial charge >= 0.3 is 5.97 Å². The van der Waals surface area contributed by atoms with E-state index in [0.29, 0.717) is 23.0 Å². The summed E-state index contributed by atoms with van der Waals surface area (Å²) in [6, 6.07) is 0. The number of hydrogen-bond donors (Lipinski definition) is 1. The molecule has 0 aromatic carbocycles. The zero-order valence-corrected chi connectivity index (χ0v) is 20.5. The van der Waals surface area contributed by atoms with Crippen LogP contribution < -0.4 is 5.73 Å². The Hall–Kier alpha value is -1.23. The van der Waals surface area contributed by atoms with Gasteiger partial charge in [0.15, 0.2) is 0 Å². The van der Waals surface area contributed by atoms with Crippen LogP contribution in [0.3, 0.4) is 0 Å². The number of Topliss-reactive ketones (excluding diaryl/α,β-unsaturated/α-hetero) is 2. The number of hydrogen-bond acceptors (Lipinski definition) is 5. The first kappa shape index (κ1) is 23.9. The molecule has 4 rings (SSSR count). The van der Waals surface area contributed by atoms with Crippen LogP contribution in [0.2, 0.25) is 0 Å². The summed E-state index contributed by atoms with van der Waals surface area (Å²) in [7, 11) is 0. The van der Waals surface area contributed by atoms with Crippen molar-refractivity contribution in [3.8, 4) is 0 Å². The van der Waals surface area contributed by atoms with Crippen LogP contribution in [0.4, 0.5) is 0 Å². The molecule has 4 aliphatic carbocycles. The number of esters is 1. The van der Waals surface area contributed by atoms with Crippen molar-refractivity contribution in [1.82, 2.24) is 0 Å². The van der Waals surface area contributed by atoms with Crippen molar-refractivity contribution in [2.75, 3.05) is 6.54 Å². The number of rotatable bonds is 6. The number of fused-ring (bicyclic) bond motifs is 5. The second-order valence-corrected chi connectivity index (χ2v) is 12.1. The van der Waals surface area contributed by atoms with E-state index in [0.717, 1.165) is 37.5 Å². The van der Waals surface area contributed by atoms with Crippen LogP contribution in [0.1, 0.15) is 91.9 Å². The summed E-state index contributed by atoms with van der Waals surface area (Å²) in [4.78, 5) is 36.5. The van der Waals surface area contributed by atoms with Gasteiger partial charge in [0.2, 0.25) is 0 Å². The summed E-state index contributed by atoms with van der Waals surface area (Å²) < 4.78 is 5.88. The standard InChI is InChI=1S/C27H43NO4/c1-16(13-19(30)15-28)25(31)32-20-9-11-26(3)18(14-20)5-6-21-23-8-7-22(17(2)29)27(23,4)12-10-24(21)26/h16,18,20-24H,5-15,28H2,1-4H3/t16-,18+,20-,21+,22-,23+,24+,26+,27-/m1/s1. The Kier molecular flexibility index (Phi) is 6.61. The average Bonchev–Trinajstić information content (AvgIpc) is 3.11. The van der Waals surface area contributed by atoms with Gasteiger partial charge in [0, 0.05) is 12.3 Å². The molecule has 4 fully saturated rings. The van der Waals surface area contributed by atoms with Gasteiger partial charge in [-0.3, -0.25) is 14.4 Å². The lowest BCUT2D eigenvalue weighted by Gasteiger charge is -2.61. The summed E-state index contributed by atoms with van der Waals surface area (Å²) in [6.07, 6.45) is 10.4. The Labute approximate surface area is 193 Å². The van der Waals surface area contributed by atoms with Crippen LogP contribution in [0.15, 0.2) is 0 Å². The SMILES string of the molecule is CC(=O)[C@H]1CC[C@H]2[C@@H]3CC[C@H]4C[C@H](OC(=O)[C@H](C)CC(=O)CN)CC[C@]4(C)[C@H]3CC[C@]12C. The molecule has 9 atom stereocenters. The second-order valence-electron chi connectivity index (χ2n) is 12.1. The van der Waals surface area contributed by atoms with Gasteiger partial charge < -0.3 is 10.5 Å². The normalized spacial score (nSPS) is 44.0. The second kappa shape index (κ2) is 8.85. The van der Waals surface area contributed by atoms with Gasteiger partial charge in [-0.15, -0.1) is 0 Å². The Bertz CT molecular complexity index is 765. The highest BCUT2D eigenvalue weighted by atomic mass is 16.5. The largest absolute Gasteiger partial charge is 0.462 e. The quantitative estimate of drug-likeness (QED) is 0.599. The summed E-state index contributed by atoms with van der Waals surface area (Å²) in [5.74, 6) is 2.71. The van der Waals surface area contributed by atoms with Crippen LogP contribution in [0.5, 0.6) is 0 Å². The number of ketones is 2. The third-order valence-electron chi connectivity index (χ3n) is 10.6. The van der Waals surface area contributed by atoms with Crippen molar-refractivity contribution >= 4 is 17.5 Å². The Morgan fingerprint density at radius 2 is 1.66 bits per heavy atom. The van der Waals surface area contributed by atoms with Crippen molar-refractivity contribution in [2.24, 2.45) is 52.1 Å². The van der Waals surface area contributed by atoms with Crippen LogP contribution in [0.25, 0.3) is 0 Å². The number of ether oxygens (including phenoxy) is 1. The molecule has 0 aromatic rings. The van der Waals surface area contributed by atoms with Gasteiger partial charge in [-0.25, -0.2) is 0 Å². The molecule has 32 heavy (non-hydrogen) atoms. The minimum atomic E-state index is -0.414. The Morgan fingerprint density at radius 1 is 0.969 bits per heavy atom. The van der Waals surface area contributed by atoms with Crippen LogP contribution >= 0.6 is 0 Å². The van der Waals surface area contributed by atoms with Crippen molar-refractivity contribution in [2.45, 2.75) is 98.0 Å². The van der Waals surface area contributed by atoms with E-state index in [1.54, 1.807) is 13.8 Å². The molecule has 0 unspecified atom stereocenters.